The van der Waals surface area contributed by atoms with E-state index in [1.165, 1.54) is 0 Å². The Morgan fingerprint density at radius 3 is 2.56 bits per heavy atom. The van der Waals surface area contributed by atoms with E-state index in [4.69, 9.17) is 0 Å². The molecule has 0 aliphatic carbocycles. The van der Waals surface area contributed by atoms with Crippen LogP contribution in [0.5, 0.6) is 0 Å². The largest absolute Gasteiger partial charge is 0.328 e. The lowest BCUT2D eigenvalue weighted by Gasteiger charge is -2.10. The molecule has 0 fully saturated rings. The van der Waals surface area contributed by atoms with Gasteiger partial charge in [0.05, 0.1) is 15.9 Å². The summed E-state index contributed by atoms with van der Waals surface area (Å²) in [6.45, 7) is 6.97. The molecule has 0 saturated carbocycles. The lowest BCUT2D eigenvalue weighted by atomic mass is 10.1. The van der Waals surface area contributed by atoms with Gasteiger partial charge in [0, 0.05) is 13.1 Å². The van der Waals surface area contributed by atoms with Crippen molar-refractivity contribution in [2.45, 2.75) is 38.6 Å². The third-order valence-electron chi connectivity index (χ3n) is 4.48. The number of para-hydroxylation sites is 2. The summed E-state index contributed by atoms with van der Waals surface area (Å²) in [6.07, 6.45) is 0.700. The summed E-state index contributed by atoms with van der Waals surface area (Å²) in [4.78, 5) is 4.85. The van der Waals surface area contributed by atoms with E-state index in [0.717, 1.165) is 34.5 Å². The Bertz CT molecular complexity index is 1010. The number of nitrogens with one attached hydrogen (secondary N) is 1. The number of sulfonamides is 1. The van der Waals surface area contributed by atoms with E-state index >= 15 is 0 Å². The lowest BCUT2D eigenvalue weighted by molar-refractivity contribution is 0.570. The number of rotatable bonds is 6. The summed E-state index contributed by atoms with van der Waals surface area (Å²) in [5.41, 5.74) is 4.11. The van der Waals surface area contributed by atoms with Crippen LogP contribution in [0.3, 0.4) is 0 Å². The maximum atomic E-state index is 12.4. The molecule has 3 aromatic rings. The van der Waals surface area contributed by atoms with E-state index in [9.17, 15) is 8.42 Å². The SMILES string of the molecule is Cc1ccc(S(=O)(=O)NCCCn2c(C)nc3ccccc32)cc1C. The standard InChI is InChI=1S/C19H23N3O2S/c1-14-9-10-17(13-15(14)2)25(23,24)20-11-6-12-22-16(3)21-18-7-4-5-8-19(18)22/h4-5,7-10,13,20H,6,11-12H2,1-3H3. The molecule has 0 radical (unpaired) electrons. The quantitative estimate of drug-likeness (QED) is 0.688. The second-order valence-electron chi connectivity index (χ2n) is 6.30. The van der Waals surface area contributed by atoms with E-state index in [0.29, 0.717) is 17.9 Å². The highest BCUT2D eigenvalue weighted by molar-refractivity contribution is 7.89. The number of aromatic nitrogens is 2. The summed E-state index contributed by atoms with van der Waals surface area (Å²) >= 11 is 0. The minimum absolute atomic E-state index is 0.319. The van der Waals surface area contributed by atoms with Crippen molar-refractivity contribution in [2.24, 2.45) is 0 Å². The van der Waals surface area contributed by atoms with Crippen molar-refractivity contribution in [3.8, 4) is 0 Å². The van der Waals surface area contributed by atoms with Crippen LogP contribution in [0.2, 0.25) is 0 Å². The molecular weight excluding hydrogens is 334 g/mol. The molecule has 0 unspecified atom stereocenters. The molecule has 0 spiro atoms. The number of nitrogens with zero attached hydrogens (tertiary/aromatic N) is 2. The van der Waals surface area contributed by atoms with Gasteiger partial charge in [0.2, 0.25) is 10.0 Å². The first kappa shape index (κ1) is 17.6. The smallest absolute Gasteiger partial charge is 0.240 e. The molecular formula is C19H23N3O2S. The zero-order valence-electron chi connectivity index (χ0n) is 14.8. The van der Waals surface area contributed by atoms with E-state index in [1.54, 1.807) is 12.1 Å². The number of imidazole rings is 1. The summed E-state index contributed by atoms with van der Waals surface area (Å²) in [7, 11) is -3.47. The molecule has 1 aromatic heterocycles. The normalized spacial score (nSPS) is 12.0. The molecule has 0 bridgehead atoms. The van der Waals surface area contributed by atoms with Crippen molar-refractivity contribution in [2.75, 3.05) is 6.54 Å². The van der Waals surface area contributed by atoms with Crippen LogP contribution in [0.4, 0.5) is 0 Å². The van der Waals surface area contributed by atoms with Crippen LogP contribution < -0.4 is 4.72 Å². The first-order valence-electron chi connectivity index (χ1n) is 8.37. The highest BCUT2D eigenvalue weighted by atomic mass is 32.2. The van der Waals surface area contributed by atoms with E-state index < -0.39 is 10.0 Å². The molecule has 0 amide bonds. The number of benzene rings is 2. The summed E-state index contributed by atoms with van der Waals surface area (Å²) < 4.78 is 29.6. The van der Waals surface area contributed by atoms with Crippen molar-refractivity contribution in [3.05, 3.63) is 59.4 Å². The monoisotopic (exact) mass is 357 g/mol. The predicted octanol–water partition coefficient (Wildman–Crippen LogP) is 3.33. The molecule has 1 heterocycles. The van der Waals surface area contributed by atoms with Crippen LogP contribution in [-0.2, 0) is 16.6 Å². The minimum atomic E-state index is -3.47. The molecule has 132 valence electrons. The van der Waals surface area contributed by atoms with Crippen LogP contribution in [0, 0.1) is 20.8 Å². The third kappa shape index (κ3) is 3.75. The van der Waals surface area contributed by atoms with Crippen molar-refractivity contribution >= 4 is 21.1 Å². The van der Waals surface area contributed by atoms with Gasteiger partial charge in [0.25, 0.3) is 0 Å². The summed E-state index contributed by atoms with van der Waals surface area (Å²) in [5, 5.41) is 0. The fourth-order valence-corrected chi connectivity index (χ4v) is 4.05. The van der Waals surface area contributed by atoms with Gasteiger partial charge in [-0.25, -0.2) is 18.1 Å². The summed E-state index contributed by atoms with van der Waals surface area (Å²) in [6, 6.07) is 13.2. The van der Waals surface area contributed by atoms with Crippen LogP contribution in [-0.4, -0.2) is 24.5 Å². The zero-order chi connectivity index (χ0) is 18.0. The molecule has 2 aromatic carbocycles. The number of hydrogen-bond acceptors (Lipinski definition) is 3. The second kappa shape index (κ2) is 6.98. The topological polar surface area (TPSA) is 64.0 Å². The number of hydrogen-bond donors (Lipinski definition) is 1. The molecule has 0 aliphatic heterocycles. The van der Waals surface area contributed by atoms with Crippen LogP contribution in [0.25, 0.3) is 11.0 Å². The fourth-order valence-electron chi connectivity index (χ4n) is 2.89. The van der Waals surface area contributed by atoms with Gasteiger partial charge in [0.1, 0.15) is 5.82 Å². The van der Waals surface area contributed by atoms with Crippen molar-refractivity contribution in [1.29, 1.82) is 0 Å². The van der Waals surface area contributed by atoms with Gasteiger partial charge in [-0.05, 0) is 62.6 Å². The number of fused-ring (bicyclic) bond motifs is 1. The van der Waals surface area contributed by atoms with Crippen molar-refractivity contribution < 1.29 is 8.42 Å². The Balaban J connectivity index is 1.64. The Morgan fingerprint density at radius 1 is 1.04 bits per heavy atom. The average Bonchev–Trinajstić information content (AvgIpc) is 2.89. The maximum absolute atomic E-state index is 12.4. The lowest BCUT2D eigenvalue weighted by Crippen LogP contribution is -2.25. The van der Waals surface area contributed by atoms with Gasteiger partial charge in [-0.1, -0.05) is 18.2 Å². The molecule has 25 heavy (non-hydrogen) atoms. The molecule has 0 atom stereocenters. The van der Waals surface area contributed by atoms with Gasteiger partial charge in [-0.2, -0.15) is 0 Å². The van der Waals surface area contributed by atoms with Gasteiger partial charge in [0.15, 0.2) is 0 Å². The zero-order valence-corrected chi connectivity index (χ0v) is 15.6. The predicted molar refractivity (Wildman–Crippen MR) is 100 cm³/mol. The number of aryl methyl sites for hydroxylation is 4. The molecule has 1 N–H and O–H groups in total. The van der Waals surface area contributed by atoms with E-state index in [-0.39, 0.29) is 0 Å². The van der Waals surface area contributed by atoms with Gasteiger partial charge >= 0.3 is 0 Å². The van der Waals surface area contributed by atoms with Crippen LogP contribution >= 0.6 is 0 Å². The van der Waals surface area contributed by atoms with Gasteiger partial charge in [-0.3, -0.25) is 0 Å². The minimum Gasteiger partial charge on any atom is -0.328 e. The molecule has 6 heteroatoms. The highest BCUT2D eigenvalue weighted by Gasteiger charge is 2.14. The first-order valence-corrected chi connectivity index (χ1v) is 9.85. The van der Waals surface area contributed by atoms with Crippen molar-refractivity contribution in [1.82, 2.24) is 14.3 Å². The third-order valence-corrected chi connectivity index (χ3v) is 5.94. The van der Waals surface area contributed by atoms with Crippen LogP contribution in [0.1, 0.15) is 23.4 Å². The second-order valence-corrected chi connectivity index (χ2v) is 8.06. The maximum Gasteiger partial charge on any atom is 0.240 e. The van der Waals surface area contributed by atoms with E-state index in [1.807, 2.05) is 51.1 Å². The first-order chi connectivity index (χ1) is 11.9. The van der Waals surface area contributed by atoms with Crippen LogP contribution in [0.15, 0.2) is 47.4 Å². The van der Waals surface area contributed by atoms with Crippen molar-refractivity contribution in [3.63, 3.8) is 0 Å². The molecule has 5 nitrogen and oxygen atoms in total. The summed E-state index contributed by atoms with van der Waals surface area (Å²) in [5.74, 6) is 0.943. The Morgan fingerprint density at radius 2 is 1.80 bits per heavy atom. The Kier molecular flexibility index (Phi) is 4.92. The Hall–Kier alpha value is -2.18. The van der Waals surface area contributed by atoms with Gasteiger partial charge < -0.3 is 4.57 Å². The fraction of sp³-hybridized carbons (Fsp3) is 0.316. The molecule has 0 saturated heterocycles. The molecule has 3 rings (SSSR count). The van der Waals surface area contributed by atoms with Gasteiger partial charge in [-0.15, -0.1) is 0 Å². The average molecular weight is 357 g/mol. The highest BCUT2D eigenvalue weighted by Crippen LogP contribution is 2.16. The van der Waals surface area contributed by atoms with E-state index in [2.05, 4.69) is 14.3 Å². The Labute approximate surface area is 148 Å². The molecule has 0 aliphatic rings.